The normalized spacial score (nSPS) is 9.53. The first kappa shape index (κ1) is 14.0. The first-order valence-electron chi connectivity index (χ1n) is 5.03. The zero-order valence-corrected chi connectivity index (χ0v) is 12.0. The summed E-state index contributed by atoms with van der Waals surface area (Å²) in [4.78, 5) is 0. The van der Waals surface area contributed by atoms with Crippen LogP contribution in [0.15, 0.2) is 60.7 Å². The van der Waals surface area contributed by atoms with Crippen molar-refractivity contribution in [2.75, 3.05) is 0 Å². The quantitative estimate of drug-likeness (QED) is 0.630. The standard InChI is InChI=1S/C13H13O2P.BrH/c16-13(14-11-7-3-1-4-8-11)15-12-9-5-2-6-10-12;/h1-10,13H,16H2;1H. The van der Waals surface area contributed by atoms with Crippen LogP contribution in [0, 0.1) is 0 Å². The number of benzene rings is 2. The van der Waals surface area contributed by atoms with E-state index < -0.39 is 0 Å². The molecule has 0 radical (unpaired) electrons. The molecule has 2 nitrogen and oxygen atoms in total. The van der Waals surface area contributed by atoms with Crippen LogP contribution >= 0.6 is 26.2 Å². The fourth-order valence-electron chi connectivity index (χ4n) is 1.29. The van der Waals surface area contributed by atoms with E-state index in [4.69, 9.17) is 9.47 Å². The lowest BCUT2D eigenvalue weighted by molar-refractivity contribution is 0.0835. The van der Waals surface area contributed by atoms with Crippen LogP contribution in [0.2, 0.25) is 0 Å². The second-order valence-electron chi connectivity index (χ2n) is 3.23. The molecule has 0 bridgehead atoms. The molecule has 0 saturated carbocycles. The van der Waals surface area contributed by atoms with Crippen LogP contribution in [0.5, 0.6) is 11.5 Å². The van der Waals surface area contributed by atoms with Gasteiger partial charge < -0.3 is 9.47 Å². The number of hydrogen-bond donors (Lipinski definition) is 0. The third-order valence-electron chi connectivity index (χ3n) is 1.99. The van der Waals surface area contributed by atoms with E-state index in [1.807, 2.05) is 60.7 Å². The Morgan fingerprint density at radius 1 is 0.706 bits per heavy atom. The summed E-state index contributed by atoms with van der Waals surface area (Å²) in [6.45, 7) is 0. The predicted molar refractivity (Wildman–Crippen MR) is 78.0 cm³/mol. The Balaban J connectivity index is 0.00000144. The molecule has 0 aliphatic carbocycles. The summed E-state index contributed by atoms with van der Waals surface area (Å²) in [5.74, 6) is 1.58. The van der Waals surface area contributed by atoms with Gasteiger partial charge in [-0.2, -0.15) is 0 Å². The summed E-state index contributed by atoms with van der Waals surface area (Å²) < 4.78 is 11.1. The molecule has 0 heterocycles. The van der Waals surface area contributed by atoms with Gasteiger partial charge in [-0.05, 0) is 33.5 Å². The smallest absolute Gasteiger partial charge is 0.252 e. The molecule has 0 aliphatic heterocycles. The summed E-state index contributed by atoms with van der Waals surface area (Å²) in [6, 6.07) is 18.8. The van der Waals surface area contributed by atoms with Crippen molar-refractivity contribution in [3.8, 4) is 11.5 Å². The van der Waals surface area contributed by atoms with Gasteiger partial charge in [0.05, 0.1) is 0 Å². The van der Waals surface area contributed by atoms with Crippen LogP contribution < -0.4 is 9.47 Å². The van der Waals surface area contributed by atoms with E-state index in [2.05, 4.69) is 9.24 Å². The van der Waals surface area contributed by atoms with Crippen molar-refractivity contribution in [2.24, 2.45) is 0 Å². The van der Waals surface area contributed by atoms with Gasteiger partial charge in [0, 0.05) is 0 Å². The molecule has 0 amide bonds. The molecule has 2 rings (SSSR count). The number of para-hydroxylation sites is 2. The molecule has 0 spiro atoms. The maximum absolute atomic E-state index is 5.56. The number of rotatable bonds is 4. The molecule has 1 unspecified atom stereocenters. The molecule has 0 aliphatic rings. The van der Waals surface area contributed by atoms with Crippen LogP contribution in [-0.4, -0.2) is 6.03 Å². The lowest BCUT2D eigenvalue weighted by Gasteiger charge is -2.16. The Labute approximate surface area is 114 Å². The van der Waals surface area contributed by atoms with Gasteiger partial charge in [-0.1, -0.05) is 36.4 Å². The highest BCUT2D eigenvalue weighted by Crippen LogP contribution is 2.18. The molecule has 1 atom stereocenters. The van der Waals surface area contributed by atoms with Crippen LogP contribution in [0.25, 0.3) is 0 Å². The van der Waals surface area contributed by atoms with Gasteiger partial charge in [0.2, 0.25) is 0 Å². The summed E-state index contributed by atoms with van der Waals surface area (Å²) in [6.07, 6.45) is 0. The summed E-state index contributed by atoms with van der Waals surface area (Å²) in [5.41, 5.74) is 0. The van der Waals surface area contributed by atoms with Gasteiger partial charge >= 0.3 is 0 Å². The Kier molecular flexibility index (Phi) is 6.03. The molecule has 90 valence electrons. The van der Waals surface area contributed by atoms with E-state index in [9.17, 15) is 0 Å². The highest BCUT2D eigenvalue weighted by Gasteiger charge is 2.04. The van der Waals surface area contributed by atoms with E-state index in [1.165, 1.54) is 0 Å². The van der Waals surface area contributed by atoms with Crippen LogP contribution in [0.3, 0.4) is 0 Å². The highest BCUT2D eigenvalue weighted by atomic mass is 79.9. The second kappa shape index (κ2) is 7.31. The SMILES string of the molecule is Br.PC(Oc1ccccc1)Oc1ccccc1. The minimum absolute atomic E-state index is 0. The first-order valence-corrected chi connectivity index (χ1v) is 5.70. The molecule has 17 heavy (non-hydrogen) atoms. The Hall–Kier alpha value is -1.05. The van der Waals surface area contributed by atoms with Crippen molar-refractivity contribution in [2.45, 2.75) is 6.03 Å². The molecule has 0 saturated heterocycles. The number of hydrogen-bond acceptors (Lipinski definition) is 2. The Morgan fingerprint density at radius 2 is 1.06 bits per heavy atom. The van der Waals surface area contributed by atoms with Crippen LogP contribution in [0.4, 0.5) is 0 Å². The van der Waals surface area contributed by atoms with Crippen molar-refractivity contribution in [1.29, 1.82) is 0 Å². The maximum atomic E-state index is 5.56. The van der Waals surface area contributed by atoms with Gasteiger partial charge in [-0.25, -0.2) is 0 Å². The highest BCUT2D eigenvalue weighted by molar-refractivity contribution is 8.93. The molecule has 4 heteroatoms. The summed E-state index contributed by atoms with van der Waals surface area (Å²) in [5, 5.41) is 0. The first-order chi connectivity index (χ1) is 7.84. The zero-order chi connectivity index (χ0) is 11.2. The molecular formula is C13H14BrO2P. The minimum atomic E-state index is -0.384. The van der Waals surface area contributed by atoms with Crippen molar-refractivity contribution in [3.63, 3.8) is 0 Å². The topological polar surface area (TPSA) is 18.5 Å². The average Bonchev–Trinajstić information content (AvgIpc) is 2.31. The number of ether oxygens (including phenoxy) is 2. The fourth-order valence-corrected chi connectivity index (χ4v) is 1.60. The average molecular weight is 313 g/mol. The summed E-state index contributed by atoms with van der Waals surface area (Å²) in [7, 11) is 2.51. The lowest BCUT2D eigenvalue weighted by Crippen LogP contribution is -2.15. The molecule has 0 fully saturated rings. The predicted octanol–water partition coefficient (Wildman–Crippen LogP) is 3.88. The minimum Gasteiger partial charge on any atom is -0.452 e. The van der Waals surface area contributed by atoms with Gasteiger partial charge in [0.15, 0.2) is 0 Å². The van der Waals surface area contributed by atoms with Gasteiger partial charge in [0.25, 0.3) is 6.03 Å². The largest absolute Gasteiger partial charge is 0.452 e. The van der Waals surface area contributed by atoms with E-state index in [0.717, 1.165) is 11.5 Å². The van der Waals surface area contributed by atoms with E-state index in [0.29, 0.717) is 0 Å². The van der Waals surface area contributed by atoms with Crippen molar-refractivity contribution in [1.82, 2.24) is 0 Å². The second-order valence-corrected chi connectivity index (χ2v) is 3.77. The van der Waals surface area contributed by atoms with E-state index >= 15 is 0 Å². The fraction of sp³-hybridized carbons (Fsp3) is 0.0769. The van der Waals surface area contributed by atoms with Crippen molar-refractivity contribution < 1.29 is 9.47 Å². The third kappa shape index (κ3) is 4.76. The van der Waals surface area contributed by atoms with Gasteiger partial charge in [-0.3, -0.25) is 0 Å². The van der Waals surface area contributed by atoms with Gasteiger partial charge in [-0.15, -0.1) is 17.0 Å². The lowest BCUT2D eigenvalue weighted by atomic mass is 10.3. The van der Waals surface area contributed by atoms with E-state index in [-0.39, 0.29) is 23.0 Å². The molecule has 2 aromatic rings. The third-order valence-corrected chi connectivity index (χ3v) is 2.26. The monoisotopic (exact) mass is 312 g/mol. The zero-order valence-electron chi connectivity index (χ0n) is 9.15. The van der Waals surface area contributed by atoms with Crippen LogP contribution in [0.1, 0.15) is 0 Å². The van der Waals surface area contributed by atoms with Gasteiger partial charge in [0.1, 0.15) is 11.5 Å². The molecule has 0 aromatic heterocycles. The Morgan fingerprint density at radius 3 is 1.41 bits per heavy atom. The molecular weight excluding hydrogens is 299 g/mol. The summed E-state index contributed by atoms with van der Waals surface area (Å²) >= 11 is 0. The van der Waals surface area contributed by atoms with Crippen LogP contribution in [-0.2, 0) is 0 Å². The molecule has 0 N–H and O–H groups in total. The maximum Gasteiger partial charge on any atom is 0.252 e. The Bertz CT molecular complexity index is 380. The number of halogens is 1. The van der Waals surface area contributed by atoms with Crippen molar-refractivity contribution in [3.05, 3.63) is 60.7 Å². The molecule has 2 aromatic carbocycles. The van der Waals surface area contributed by atoms with Crippen molar-refractivity contribution >= 4 is 26.2 Å². The van der Waals surface area contributed by atoms with E-state index in [1.54, 1.807) is 0 Å².